The molecule has 0 bridgehead atoms. The Morgan fingerprint density at radius 2 is 2.00 bits per heavy atom. The number of rotatable bonds is 6. The number of benzene rings is 1. The first kappa shape index (κ1) is 15.4. The molecule has 7 nitrogen and oxygen atoms in total. The third-order valence-electron chi connectivity index (χ3n) is 3.00. The van der Waals surface area contributed by atoms with E-state index in [0.717, 1.165) is 30.7 Å². The van der Waals surface area contributed by atoms with Crippen molar-refractivity contribution in [3.63, 3.8) is 0 Å². The van der Waals surface area contributed by atoms with Crippen LogP contribution in [0.2, 0.25) is 0 Å². The lowest BCUT2D eigenvalue weighted by molar-refractivity contribution is 0.401. The number of hydrogen-bond acceptors (Lipinski definition) is 6. The zero-order valence-electron chi connectivity index (χ0n) is 12.3. The van der Waals surface area contributed by atoms with Crippen molar-refractivity contribution in [3.8, 4) is 11.5 Å². The second-order valence-electron chi connectivity index (χ2n) is 4.67. The predicted molar refractivity (Wildman–Crippen MR) is 82.0 cm³/mol. The number of amidine groups is 1. The van der Waals surface area contributed by atoms with Crippen molar-refractivity contribution in [2.24, 2.45) is 4.99 Å². The van der Waals surface area contributed by atoms with Gasteiger partial charge in [-0.15, -0.1) is 0 Å². The van der Waals surface area contributed by atoms with E-state index in [1.54, 1.807) is 19.2 Å². The van der Waals surface area contributed by atoms with E-state index in [1.807, 2.05) is 0 Å². The third kappa shape index (κ3) is 4.01. The monoisotopic (exact) mass is 313 g/mol. The molecule has 2 rings (SSSR count). The van der Waals surface area contributed by atoms with Gasteiger partial charge in [0.05, 0.1) is 32.7 Å². The van der Waals surface area contributed by atoms with E-state index in [1.165, 1.54) is 7.11 Å². The van der Waals surface area contributed by atoms with Gasteiger partial charge in [-0.25, -0.2) is 8.42 Å². The second kappa shape index (κ2) is 6.21. The number of methoxy groups -OCH3 is 2. The van der Waals surface area contributed by atoms with Crippen LogP contribution in [0.15, 0.2) is 17.1 Å². The summed E-state index contributed by atoms with van der Waals surface area (Å²) in [6.45, 7) is 1.60. The SMILES string of the molecule is COc1cc(NS(C)(=O)=O)c(OC)cc1CC1=NCCN1. The van der Waals surface area contributed by atoms with Crippen LogP contribution in [-0.4, -0.2) is 47.8 Å². The van der Waals surface area contributed by atoms with E-state index in [0.29, 0.717) is 23.6 Å². The zero-order valence-corrected chi connectivity index (χ0v) is 13.1. The van der Waals surface area contributed by atoms with E-state index in [4.69, 9.17) is 9.47 Å². The van der Waals surface area contributed by atoms with Crippen molar-refractivity contribution in [3.05, 3.63) is 17.7 Å². The number of nitrogens with zero attached hydrogens (tertiary/aromatic N) is 1. The Bertz CT molecular complexity index is 656. The molecule has 0 unspecified atom stereocenters. The molecule has 0 atom stereocenters. The van der Waals surface area contributed by atoms with Crippen molar-refractivity contribution in [1.82, 2.24) is 5.32 Å². The quantitative estimate of drug-likeness (QED) is 0.803. The van der Waals surface area contributed by atoms with Crippen molar-refractivity contribution in [1.29, 1.82) is 0 Å². The summed E-state index contributed by atoms with van der Waals surface area (Å²) in [5.74, 6) is 1.91. The molecule has 1 heterocycles. The molecule has 0 spiro atoms. The first-order chi connectivity index (χ1) is 9.93. The molecule has 1 aromatic carbocycles. The molecule has 1 aromatic rings. The molecule has 0 amide bonds. The fourth-order valence-corrected chi connectivity index (χ4v) is 2.68. The summed E-state index contributed by atoms with van der Waals surface area (Å²) >= 11 is 0. The fourth-order valence-electron chi connectivity index (χ4n) is 2.12. The molecule has 0 saturated carbocycles. The van der Waals surface area contributed by atoms with Gasteiger partial charge in [0, 0.05) is 24.6 Å². The predicted octanol–water partition coefficient (Wildman–Crippen LogP) is 0.619. The molecular formula is C13H19N3O4S. The van der Waals surface area contributed by atoms with Crippen LogP contribution in [0.5, 0.6) is 11.5 Å². The summed E-state index contributed by atoms with van der Waals surface area (Å²) in [5, 5.41) is 3.19. The maximum absolute atomic E-state index is 11.4. The van der Waals surface area contributed by atoms with Gasteiger partial charge in [-0.05, 0) is 6.07 Å². The second-order valence-corrected chi connectivity index (χ2v) is 6.42. The van der Waals surface area contributed by atoms with Gasteiger partial charge in [0.1, 0.15) is 17.3 Å². The first-order valence-electron chi connectivity index (χ1n) is 6.43. The highest BCUT2D eigenvalue weighted by molar-refractivity contribution is 7.92. The molecule has 21 heavy (non-hydrogen) atoms. The molecule has 0 saturated heterocycles. The number of ether oxygens (including phenoxy) is 2. The summed E-state index contributed by atoms with van der Waals surface area (Å²) in [4.78, 5) is 4.34. The van der Waals surface area contributed by atoms with Crippen LogP contribution < -0.4 is 19.5 Å². The third-order valence-corrected chi connectivity index (χ3v) is 3.59. The number of aliphatic imine (C=N–C) groups is 1. The lowest BCUT2D eigenvalue weighted by Gasteiger charge is -2.15. The maximum atomic E-state index is 11.4. The number of hydrogen-bond donors (Lipinski definition) is 2. The van der Waals surface area contributed by atoms with Gasteiger partial charge < -0.3 is 14.8 Å². The van der Waals surface area contributed by atoms with Gasteiger partial charge in [0.25, 0.3) is 0 Å². The van der Waals surface area contributed by atoms with Gasteiger partial charge >= 0.3 is 0 Å². The Hall–Kier alpha value is -1.96. The number of anilines is 1. The minimum absolute atomic E-state index is 0.349. The Morgan fingerprint density at radius 1 is 1.29 bits per heavy atom. The van der Waals surface area contributed by atoms with E-state index in [-0.39, 0.29) is 0 Å². The Kier molecular flexibility index (Phi) is 4.56. The van der Waals surface area contributed by atoms with Crippen molar-refractivity contribution >= 4 is 21.5 Å². The van der Waals surface area contributed by atoms with Gasteiger partial charge in [-0.1, -0.05) is 0 Å². The van der Waals surface area contributed by atoms with Gasteiger partial charge in [-0.3, -0.25) is 9.71 Å². The summed E-state index contributed by atoms with van der Waals surface area (Å²) in [6, 6.07) is 3.37. The molecule has 116 valence electrons. The fraction of sp³-hybridized carbons (Fsp3) is 0.462. The van der Waals surface area contributed by atoms with E-state index >= 15 is 0 Å². The highest BCUT2D eigenvalue weighted by Gasteiger charge is 2.16. The maximum Gasteiger partial charge on any atom is 0.229 e. The largest absolute Gasteiger partial charge is 0.496 e. The van der Waals surface area contributed by atoms with Crippen LogP contribution in [0.25, 0.3) is 0 Å². The standard InChI is InChI=1S/C13H19N3O4S/c1-19-11-8-10(16-21(3,17)18)12(20-2)6-9(11)7-13-14-4-5-15-13/h6,8,16H,4-5,7H2,1-3H3,(H,14,15). The van der Waals surface area contributed by atoms with Crippen molar-refractivity contribution in [2.45, 2.75) is 6.42 Å². The molecule has 0 aliphatic carbocycles. The zero-order chi connectivity index (χ0) is 15.5. The van der Waals surface area contributed by atoms with Crippen molar-refractivity contribution < 1.29 is 17.9 Å². The topological polar surface area (TPSA) is 89.0 Å². The summed E-state index contributed by atoms with van der Waals surface area (Å²) < 4.78 is 35.8. The molecule has 1 aliphatic rings. The van der Waals surface area contributed by atoms with E-state index < -0.39 is 10.0 Å². The average molecular weight is 313 g/mol. The van der Waals surface area contributed by atoms with E-state index in [2.05, 4.69) is 15.0 Å². The van der Waals surface area contributed by atoms with Crippen LogP contribution in [-0.2, 0) is 16.4 Å². The Balaban J connectivity index is 2.37. The lowest BCUT2D eigenvalue weighted by atomic mass is 10.1. The minimum Gasteiger partial charge on any atom is -0.496 e. The first-order valence-corrected chi connectivity index (χ1v) is 8.32. The molecule has 8 heteroatoms. The van der Waals surface area contributed by atoms with E-state index in [9.17, 15) is 8.42 Å². The number of sulfonamides is 1. The molecule has 2 N–H and O–H groups in total. The van der Waals surface area contributed by atoms with Crippen LogP contribution >= 0.6 is 0 Å². The molecule has 0 fully saturated rings. The Labute approximate surface area is 124 Å². The number of nitrogens with one attached hydrogen (secondary N) is 2. The lowest BCUT2D eigenvalue weighted by Crippen LogP contribution is -2.21. The van der Waals surface area contributed by atoms with Gasteiger partial charge in [0.2, 0.25) is 10.0 Å². The molecule has 0 radical (unpaired) electrons. The molecule has 0 aromatic heterocycles. The van der Waals surface area contributed by atoms with Gasteiger partial charge in [-0.2, -0.15) is 0 Å². The van der Waals surface area contributed by atoms with Crippen molar-refractivity contribution in [2.75, 3.05) is 38.3 Å². The minimum atomic E-state index is -3.39. The normalized spacial score (nSPS) is 14.3. The summed E-state index contributed by atoms with van der Waals surface area (Å²) in [7, 11) is -0.360. The van der Waals surface area contributed by atoms with Crippen LogP contribution in [0.4, 0.5) is 5.69 Å². The van der Waals surface area contributed by atoms with Crippen LogP contribution in [0, 0.1) is 0 Å². The molecule has 1 aliphatic heterocycles. The highest BCUT2D eigenvalue weighted by atomic mass is 32.2. The smallest absolute Gasteiger partial charge is 0.229 e. The Morgan fingerprint density at radius 3 is 2.52 bits per heavy atom. The molecular weight excluding hydrogens is 294 g/mol. The average Bonchev–Trinajstić information content (AvgIpc) is 2.91. The van der Waals surface area contributed by atoms with Crippen LogP contribution in [0.3, 0.4) is 0 Å². The van der Waals surface area contributed by atoms with Gasteiger partial charge in [0.15, 0.2) is 0 Å². The highest BCUT2D eigenvalue weighted by Crippen LogP contribution is 2.33. The van der Waals surface area contributed by atoms with Crippen LogP contribution in [0.1, 0.15) is 5.56 Å². The summed E-state index contributed by atoms with van der Waals surface area (Å²) in [6.07, 6.45) is 1.67. The summed E-state index contributed by atoms with van der Waals surface area (Å²) in [5.41, 5.74) is 1.23.